The summed E-state index contributed by atoms with van der Waals surface area (Å²) >= 11 is 0. The van der Waals surface area contributed by atoms with Gasteiger partial charge in [-0.15, -0.1) is 0 Å². The molecule has 0 radical (unpaired) electrons. The molecule has 19 heavy (non-hydrogen) atoms. The minimum atomic E-state index is -4.50. The third-order valence-corrected chi connectivity index (χ3v) is 3.59. The molecule has 0 amide bonds. The summed E-state index contributed by atoms with van der Waals surface area (Å²) in [6.07, 6.45) is -0.457. The molecule has 1 aliphatic rings. The fraction of sp³-hybridized carbons (Fsp3) is 0.385. The van der Waals surface area contributed by atoms with Gasteiger partial charge in [0, 0.05) is 6.04 Å². The van der Waals surface area contributed by atoms with Crippen molar-refractivity contribution in [1.82, 2.24) is 9.55 Å². The summed E-state index contributed by atoms with van der Waals surface area (Å²) in [4.78, 5) is 16.1. The molecular weight excluding hydrogens is 257 g/mol. The molecule has 0 N–H and O–H groups in total. The van der Waals surface area contributed by atoms with E-state index in [1.165, 1.54) is 23.0 Å². The van der Waals surface area contributed by atoms with Gasteiger partial charge in [-0.1, -0.05) is 6.07 Å². The Hall–Kier alpha value is -1.85. The van der Waals surface area contributed by atoms with Gasteiger partial charge in [0.05, 0.1) is 22.8 Å². The Kier molecular flexibility index (Phi) is 2.62. The van der Waals surface area contributed by atoms with E-state index in [1.54, 1.807) is 0 Å². The lowest BCUT2D eigenvalue weighted by molar-refractivity contribution is -0.136. The number of alkyl halides is 3. The highest BCUT2D eigenvalue weighted by Crippen LogP contribution is 2.34. The van der Waals surface area contributed by atoms with Gasteiger partial charge < -0.3 is 0 Å². The molecule has 1 aliphatic carbocycles. The van der Waals surface area contributed by atoms with E-state index in [4.69, 9.17) is 0 Å². The maximum Gasteiger partial charge on any atom is 0.418 e. The lowest BCUT2D eigenvalue weighted by Crippen LogP contribution is -2.29. The molecule has 6 heteroatoms. The van der Waals surface area contributed by atoms with Crippen LogP contribution >= 0.6 is 0 Å². The molecule has 0 spiro atoms. The van der Waals surface area contributed by atoms with Gasteiger partial charge in [-0.3, -0.25) is 9.36 Å². The average Bonchev–Trinajstić information content (AvgIpc) is 2.28. The molecule has 0 bridgehead atoms. The van der Waals surface area contributed by atoms with E-state index in [0.29, 0.717) is 0 Å². The van der Waals surface area contributed by atoms with Crippen molar-refractivity contribution in [2.45, 2.75) is 31.5 Å². The van der Waals surface area contributed by atoms with Crippen LogP contribution in [0.15, 0.2) is 29.3 Å². The van der Waals surface area contributed by atoms with E-state index in [1.807, 2.05) is 0 Å². The van der Waals surface area contributed by atoms with E-state index in [9.17, 15) is 18.0 Å². The zero-order valence-corrected chi connectivity index (χ0v) is 9.94. The summed E-state index contributed by atoms with van der Waals surface area (Å²) in [7, 11) is 0. The summed E-state index contributed by atoms with van der Waals surface area (Å²) in [6, 6.07) is 3.68. The number of nitrogens with zero attached hydrogens (tertiary/aromatic N) is 2. The second-order valence-electron chi connectivity index (χ2n) is 4.74. The number of fused-ring (bicyclic) bond motifs is 1. The Morgan fingerprint density at radius 1 is 1.26 bits per heavy atom. The molecule has 0 unspecified atom stereocenters. The van der Waals surface area contributed by atoms with Crippen molar-refractivity contribution in [1.29, 1.82) is 0 Å². The minimum Gasteiger partial charge on any atom is -0.296 e. The van der Waals surface area contributed by atoms with E-state index < -0.39 is 11.7 Å². The first-order chi connectivity index (χ1) is 8.98. The number of benzene rings is 1. The van der Waals surface area contributed by atoms with Crippen molar-refractivity contribution in [3.63, 3.8) is 0 Å². The largest absolute Gasteiger partial charge is 0.418 e. The van der Waals surface area contributed by atoms with Crippen molar-refractivity contribution < 1.29 is 13.2 Å². The second-order valence-corrected chi connectivity index (χ2v) is 4.74. The standard InChI is InChI=1S/C13H11F3N2O/c14-13(15,16)10-6-2-5-9-11(10)17-7-18(12(9)19)8-3-1-4-8/h2,5-8H,1,3-4H2. The SMILES string of the molecule is O=c1c2cccc(C(F)(F)F)c2ncn1C1CCC1. The van der Waals surface area contributed by atoms with Gasteiger partial charge in [0.2, 0.25) is 0 Å². The number of aromatic nitrogens is 2. The fourth-order valence-electron chi connectivity index (χ4n) is 2.32. The zero-order chi connectivity index (χ0) is 13.6. The van der Waals surface area contributed by atoms with Gasteiger partial charge >= 0.3 is 6.18 Å². The third-order valence-electron chi connectivity index (χ3n) is 3.59. The van der Waals surface area contributed by atoms with E-state index in [2.05, 4.69) is 4.98 Å². The normalized spacial score (nSPS) is 16.6. The lowest BCUT2D eigenvalue weighted by Gasteiger charge is -2.27. The molecule has 0 atom stereocenters. The highest BCUT2D eigenvalue weighted by atomic mass is 19.4. The van der Waals surface area contributed by atoms with Crippen molar-refractivity contribution in [3.05, 3.63) is 40.4 Å². The van der Waals surface area contributed by atoms with Gasteiger partial charge in [-0.2, -0.15) is 13.2 Å². The summed E-state index contributed by atoms with van der Waals surface area (Å²) in [5.41, 5.74) is -1.51. The first-order valence-electron chi connectivity index (χ1n) is 6.05. The molecule has 2 aromatic rings. The Morgan fingerprint density at radius 2 is 2.00 bits per heavy atom. The number of hydrogen-bond acceptors (Lipinski definition) is 2. The quantitative estimate of drug-likeness (QED) is 0.796. The van der Waals surface area contributed by atoms with Crippen molar-refractivity contribution in [2.24, 2.45) is 0 Å². The average molecular weight is 268 g/mol. The predicted molar refractivity (Wildman–Crippen MR) is 63.9 cm³/mol. The molecule has 1 aromatic heterocycles. The van der Waals surface area contributed by atoms with Crippen LogP contribution in [-0.2, 0) is 6.18 Å². The topological polar surface area (TPSA) is 34.9 Å². The van der Waals surface area contributed by atoms with Crippen LogP contribution in [0.4, 0.5) is 13.2 Å². The van der Waals surface area contributed by atoms with Crippen LogP contribution in [0.2, 0.25) is 0 Å². The van der Waals surface area contributed by atoms with Crippen LogP contribution < -0.4 is 5.56 Å². The van der Waals surface area contributed by atoms with Crippen LogP contribution in [0.1, 0.15) is 30.9 Å². The molecular formula is C13H11F3N2O. The molecule has 1 heterocycles. The van der Waals surface area contributed by atoms with Gasteiger partial charge in [0.1, 0.15) is 0 Å². The Bertz CT molecular complexity index is 686. The number of halogens is 3. The first kappa shape index (κ1) is 12.2. The van der Waals surface area contributed by atoms with Crippen LogP contribution in [0.3, 0.4) is 0 Å². The molecule has 3 nitrogen and oxygen atoms in total. The third kappa shape index (κ3) is 1.91. The smallest absolute Gasteiger partial charge is 0.296 e. The van der Waals surface area contributed by atoms with Gasteiger partial charge in [0.15, 0.2) is 0 Å². The van der Waals surface area contributed by atoms with E-state index in [0.717, 1.165) is 25.3 Å². The van der Waals surface area contributed by atoms with Crippen molar-refractivity contribution >= 4 is 10.9 Å². The Balaban J connectivity index is 2.25. The summed E-state index contributed by atoms with van der Waals surface area (Å²) < 4.78 is 40.0. The monoisotopic (exact) mass is 268 g/mol. The van der Waals surface area contributed by atoms with Gasteiger partial charge in [-0.05, 0) is 31.4 Å². The maximum atomic E-state index is 12.8. The molecule has 0 aliphatic heterocycles. The molecule has 100 valence electrons. The van der Waals surface area contributed by atoms with Gasteiger partial charge in [-0.25, -0.2) is 4.98 Å². The van der Waals surface area contributed by atoms with Crippen LogP contribution in [0.25, 0.3) is 10.9 Å². The zero-order valence-electron chi connectivity index (χ0n) is 9.94. The maximum absolute atomic E-state index is 12.8. The van der Waals surface area contributed by atoms with Crippen molar-refractivity contribution in [3.8, 4) is 0 Å². The molecule has 3 rings (SSSR count). The van der Waals surface area contributed by atoms with Crippen LogP contribution in [-0.4, -0.2) is 9.55 Å². The lowest BCUT2D eigenvalue weighted by atomic mass is 9.93. The van der Waals surface area contributed by atoms with E-state index >= 15 is 0 Å². The number of para-hydroxylation sites is 1. The fourth-order valence-corrected chi connectivity index (χ4v) is 2.32. The first-order valence-corrected chi connectivity index (χ1v) is 6.05. The summed E-state index contributed by atoms with van der Waals surface area (Å²) in [5.74, 6) is 0. The predicted octanol–water partition coefficient (Wildman–Crippen LogP) is 3.14. The van der Waals surface area contributed by atoms with E-state index in [-0.39, 0.29) is 22.5 Å². The Labute approximate surface area is 106 Å². The van der Waals surface area contributed by atoms with Crippen LogP contribution in [0, 0.1) is 0 Å². The molecule has 1 saturated carbocycles. The minimum absolute atomic E-state index is 0.0317. The summed E-state index contributed by atoms with van der Waals surface area (Å²) in [6.45, 7) is 0. The molecule has 1 fully saturated rings. The highest BCUT2D eigenvalue weighted by Gasteiger charge is 2.33. The number of rotatable bonds is 1. The summed E-state index contributed by atoms with van der Waals surface area (Å²) in [5, 5.41) is 0.0317. The highest BCUT2D eigenvalue weighted by molar-refractivity contribution is 5.81. The Morgan fingerprint density at radius 3 is 2.58 bits per heavy atom. The number of hydrogen-bond donors (Lipinski definition) is 0. The molecule has 0 saturated heterocycles. The van der Waals surface area contributed by atoms with Gasteiger partial charge in [0.25, 0.3) is 5.56 Å². The second kappa shape index (κ2) is 4.08. The van der Waals surface area contributed by atoms with Crippen molar-refractivity contribution in [2.75, 3.05) is 0 Å². The molecule has 1 aromatic carbocycles. The van der Waals surface area contributed by atoms with Crippen LogP contribution in [0.5, 0.6) is 0 Å².